The molecule has 2 nitrogen and oxygen atoms in total. The SMILES string of the molecule is CC(C)(CCCO)CNC(c1ccc(F)cc1)C1CC1. The molecular weight excluding hydrogens is 253 g/mol. The highest BCUT2D eigenvalue weighted by Crippen LogP contribution is 2.41. The maximum Gasteiger partial charge on any atom is 0.123 e. The molecule has 1 fully saturated rings. The molecule has 3 heteroatoms. The Labute approximate surface area is 121 Å². The molecule has 0 amide bonds. The van der Waals surface area contributed by atoms with Crippen LogP contribution in [0.5, 0.6) is 0 Å². The topological polar surface area (TPSA) is 32.3 Å². The molecule has 2 N–H and O–H groups in total. The molecule has 1 unspecified atom stereocenters. The van der Waals surface area contributed by atoms with E-state index in [1.807, 2.05) is 12.1 Å². The summed E-state index contributed by atoms with van der Waals surface area (Å²) in [5.41, 5.74) is 1.36. The molecule has 0 saturated heterocycles. The van der Waals surface area contributed by atoms with Gasteiger partial charge in [-0.3, -0.25) is 0 Å². The maximum absolute atomic E-state index is 13.0. The zero-order valence-corrected chi connectivity index (χ0v) is 12.5. The van der Waals surface area contributed by atoms with E-state index in [0.29, 0.717) is 12.0 Å². The Hall–Kier alpha value is -0.930. The van der Waals surface area contributed by atoms with Crippen molar-refractivity contribution >= 4 is 0 Å². The van der Waals surface area contributed by atoms with Gasteiger partial charge >= 0.3 is 0 Å². The van der Waals surface area contributed by atoms with E-state index in [9.17, 15) is 4.39 Å². The van der Waals surface area contributed by atoms with Gasteiger partial charge in [0.1, 0.15) is 5.82 Å². The van der Waals surface area contributed by atoms with Crippen molar-refractivity contribution in [3.63, 3.8) is 0 Å². The lowest BCUT2D eigenvalue weighted by Gasteiger charge is -2.28. The summed E-state index contributed by atoms with van der Waals surface area (Å²) in [7, 11) is 0. The van der Waals surface area contributed by atoms with E-state index in [4.69, 9.17) is 5.11 Å². The molecule has 1 aliphatic rings. The second kappa shape index (κ2) is 6.68. The number of benzene rings is 1. The number of rotatable bonds is 8. The number of aliphatic hydroxyl groups is 1. The Balaban J connectivity index is 1.94. The van der Waals surface area contributed by atoms with E-state index >= 15 is 0 Å². The van der Waals surface area contributed by atoms with Crippen LogP contribution in [0.3, 0.4) is 0 Å². The van der Waals surface area contributed by atoms with E-state index in [-0.39, 0.29) is 17.8 Å². The quantitative estimate of drug-likeness (QED) is 0.761. The molecule has 0 aliphatic heterocycles. The van der Waals surface area contributed by atoms with E-state index < -0.39 is 0 Å². The molecule has 0 aromatic heterocycles. The van der Waals surface area contributed by atoms with Gasteiger partial charge in [-0.25, -0.2) is 4.39 Å². The molecular formula is C17H26FNO. The normalized spacial score (nSPS) is 17.2. The lowest BCUT2D eigenvalue weighted by molar-refractivity contribution is 0.229. The monoisotopic (exact) mass is 279 g/mol. The fourth-order valence-corrected chi connectivity index (χ4v) is 2.69. The Morgan fingerprint density at radius 3 is 2.50 bits per heavy atom. The molecule has 1 saturated carbocycles. The molecule has 0 heterocycles. The average molecular weight is 279 g/mol. The van der Waals surface area contributed by atoms with Crippen LogP contribution in [0.15, 0.2) is 24.3 Å². The van der Waals surface area contributed by atoms with Crippen LogP contribution in [0, 0.1) is 17.2 Å². The van der Waals surface area contributed by atoms with Gasteiger partial charge in [-0.1, -0.05) is 26.0 Å². The van der Waals surface area contributed by atoms with Gasteiger partial charge in [0.15, 0.2) is 0 Å². The van der Waals surface area contributed by atoms with Crippen LogP contribution in [-0.4, -0.2) is 18.3 Å². The lowest BCUT2D eigenvalue weighted by atomic mass is 9.87. The number of hydrogen-bond acceptors (Lipinski definition) is 2. The van der Waals surface area contributed by atoms with Gasteiger partial charge in [0.05, 0.1) is 0 Å². The van der Waals surface area contributed by atoms with Crippen molar-refractivity contribution in [3.05, 3.63) is 35.6 Å². The van der Waals surface area contributed by atoms with Crippen molar-refractivity contribution in [2.24, 2.45) is 11.3 Å². The average Bonchev–Trinajstić information content (AvgIpc) is 3.23. The summed E-state index contributed by atoms with van der Waals surface area (Å²) in [5.74, 6) is 0.515. The molecule has 0 bridgehead atoms. The Morgan fingerprint density at radius 1 is 1.30 bits per heavy atom. The zero-order chi connectivity index (χ0) is 14.6. The third kappa shape index (κ3) is 4.57. The molecule has 1 aromatic carbocycles. The summed E-state index contributed by atoms with van der Waals surface area (Å²) in [5, 5.41) is 12.6. The second-order valence-electron chi connectivity index (χ2n) is 6.74. The zero-order valence-electron chi connectivity index (χ0n) is 12.5. The number of hydrogen-bond donors (Lipinski definition) is 2. The molecule has 20 heavy (non-hydrogen) atoms. The molecule has 112 valence electrons. The van der Waals surface area contributed by atoms with E-state index in [0.717, 1.165) is 19.4 Å². The minimum atomic E-state index is -0.174. The molecule has 2 rings (SSSR count). The Kier molecular flexibility index (Phi) is 5.17. The van der Waals surface area contributed by atoms with Crippen molar-refractivity contribution in [2.75, 3.05) is 13.2 Å². The first-order chi connectivity index (χ1) is 9.52. The largest absolute Gasteiger partial charge is 0.396 e. The summed E-state index contributed by atoms with van der Waals surface area (Å²) in [6.45, 7) is 5.63. The number of nitrogens with one attached hydrogen (secondary N) is 1. The smallest absolute Gasteiger partial charge is 0.123 e. The minimum Gasteiger partial charge on any atom is -0.396 e. The minimum absolute atomic E-state index is 0.174. The standard InChI is InChI=1S/C17H26FNO/c1-17(2,10-3-11-20)12-19-16(13-4-5-13)14-6-8-15(18)9-7-14/h6-9,13,16,19-20H,3-5,10-12H2,1-2H3. The van der Waals surface area contributed by atoms with Crippen molar-refractivity contribution < 1.29 is 9.50 Å². The summed E-state index contributed by atoms with van der Waals surface area (Å²) in [4.78, 5) is 0. The predicted octanol–water partition coefficient (Wildman–Crippen LogP) is 3.67. The summed E-state index contributed by atoms with van der Waals surface area (Å²) >= 11 is 0. The third-order valence-electron chi connectivity index (χ3n) is 4.13. The van der Waals surface area contributed by atoms with Crippen LogP contribution in [0.2, 0.25) is 0 Å². The number of aliphatic hydroxyl groups excluding tert-OH is 1. The van der Waals surface area contributed by atoms with Gasteiger partial charge in [0.2, 0.25) is 0 Å². The van der Waals surface area contributed by atoms with Gasteiger partial charge in [-0.15, -0.1) is 0 Å². The first-order valence-corrected chi connectivity index (χ1v) is 7.61. The highest BCUT2D eigenvalue weighted by Gasteiger charge is 2.33. The highest BCUT2D eigenvalue weighted by atomic mass is 19.1. The number of halogens is 1. The van der Waals surface area contributed by atoms with Crippen LogP contribution in [0.25, 0.3) is 0 Å². The molecule has 1 atom stereocenters. The van der Waals surface area contributed by atoms with Crippen molar-refractivity contribution in [1.82, 2.24) is 5.32 Å². The van der Waals surface area contributed by atoms with Gasteiger partial charge in [-0.05, 0) is 54.7 Å². The van der Waals surface area contributed by atoms with Crippen LogP contribution < -0.4 is 5.32 Å². The molecule has 1 aliphatic carbocycles. The van der Waals surface area contributed by atoms with Crippen molar-refractivity contribution in [3.8, 4) is 0 Å². The Morgan fingerprint density at radius 2 is 1.95 bits per heavy atom. The van der Waals surface area contributed by atoms with Gasteiger partial charge in [-0.2, -0.15) is 0 Å². The predicted molar refractivity (Wildman–Crippen MR) is 80.0 cm³/mol. The van der Waals surface area contributed by atoms with Crippen molar-refractivity contribution in [2.45, 2.75) is 45.6 Å². The summed E-state index contributed by atoms with van der Waals surface area (Å²) in [6.07, 6.45) is 4.37. The second-order valence-corrected chi connectivity index (χ2v) is 6.74. The third-order valence-corrected chi connectivity index (χ3v) is 4.13. The van der Waals surface area contributed by atoms with E-state index in [1.165, 1.54) is 18.4 Å². The molecule has 0 radical (unpaired) electrons. The van der Waals surface area contributed by atoms with Crippen LogP contribution >= 0.6 is 0 Å². The summed E-state index contributed by atoms with van der Waals surface area (Å²) in [6, 6.07) is 7.22. The Bertz CT molecular complexity index is 412. The van der Waals surface area contributed by atoms with Gasteiger partial charge in [0.25, 0.3) is 0 Å². The summed E-state index contributed by atoms with van der Waals surface area (Å²) < 4.78 is 13.0. The van der Waals surface area contributed by atoms with Crippen LogP contribution in [-0.2, 0) is 0 Å². The van der Waals surface area contributed by atoms with Crippen LogP contribution in [0.4, 0.5) is 4.39 Å². The lowest BCUT2D eigenvalue weighted by Crippen LogP contribution is -2.33. The van der Waals surface area contributed by atoms with Gasteiger partial charge < -0.3 is 10.4 Å². The van der Waals surface area contributed by atoms with Crippen LogP contribution in [0.1, 0.15) is 51.1 Å². The molecule has 1 aromatic rings. The maximum atomic E-state index is 13.0. The van der Waals surface area contributed by atoms with E-state index in [2.05, 4.69) is 19.2 Å². The first kappa shape index (κ1) is 15.5. The fourth-order valence-electron chi connectivity index (χ4n) is 2.69. The molecule has 0 spiro atoms. The van der Waals surface area contributed by atoms with Gasteiger partial charge in [0, 0.05) is 19.2 Å². The fraction of sp³-hybridized carbons (Fsp3) is 0.647. The van der Waals surface area contributed by atoms with Crippen molar-refractivity contribution in [1.29, 1.82) is 0 Å². The first-order valence-electron chi connectivity index (χ1n) is 7.61. The highest BCUT2D eigenvalue weighted by molar-refractivity contribution is 5.22. The van der Waals surface area contributed by atoms with E-state index in [1.54, 1.807) is 12.1 Å².